The lowest BCUT2D eigenvalue weighted by molar-refractivity contribution is -0.112. The van der Waals surface area contributed by atoms with E-state index in [1.54, 1.807) is 38.1 Å². The molecule has 1 amide bonds. The Labute approximate surface area is 193 Å². The van der Waals surface area contributed by atoms with Crippen molar-refractivity contribution in [3.63, 3.8) is 0 Å². The highest BCUT2D eigenvalue weighted by Gasteiger charge is 2.23. The predicted octanol–water partition coefficient (Wildman–Crippen LogP) is 5.05. The third-order valence-electron chi connectivity index (χ3n) is 4.79. The Bertz CT molecular complexity index is 1310. The van der Waals surface area contributed by atoms with E-state index in [1.165, 1.54) is 29.5 Å². The molecule has 3 rings (SSSR count). The van der Waals surface area contributed by atoms with Crippen molar-refractivity contribution in [2.75, 3.05) is 11.9 Å². The Balaban J connectivity index is 1.89. The van der Waals surface area contributed by atoms with Crippen LogP contribution in [0.3, 0.4) is 0 Å². The summed E-state index contributed by atoms with van der Waals surface area (Å²) in [5.41, 5.74) is 1.15. The SMILES string of the molecule is CCOC(=O)c1c(NC(=O)/C(C#N)=C/c2ccc(-c3ccccc3C(=O)O)o2)sc(C)c1C. The van der Waals surface area contributed by atoms with Crippen LogP contribution >= 0.6 is 11.3 Å². The zero-order chi connectivity index (χ0) is 24.1. The molecule has 0 saturated carbocycles. The Morgan fingerprint density at radius 3 is 2.61 bits per heavy atom. The van der Waals surface area contributed by atoms with Gasteiger partial charge in [0.25, 0.3) is 5.91 Å². The summed E-state index contributed by atoms with van der Waals surface area (Å²) in [5.74, 6) is -1.89. The Hall–Kier alpha value is -4.16. The van der Waals surface area contributed by atoms with E-state index in [2.05, 4.69) is 5.32 Å². The predicted molar refractivity (Wildman–Crippen MR) is 123 cm³/mol. The van der Waals surface area contributed by atoms with E-state index in [9.17, 15) is 24.8 Å². The molecular formula is C24H20N2O6S. The fourth-order valence-corrected chi connectivity index (χ4v) is 4.13. The Kier molecular flexibility index (Phi) is 7.10. The molecule has 1 aromatic carbocycles. The number of rotatable bonds is 7. The summed E-state index contributed by atoms with van der Waals surface area (Å²) >= 11 is 1.21. The number of thiophene rings is 1. The van der Waals surface area contributed by atoms with Crippen molar-refractivity contribution < 1.29 is 28.6 Å². The molecule has 0 atom stereocenters. The van der Waals surface area contributed by atoms with Crippen molar-refractivity contribution in [2.45, 2.75) is 20.8 Å². The van der Waals surface area contributed by atoms with Crippen LogP contribution in [0.1, 0.15) is 43.8 Å². The molecule has 0 bridgehead atoms. The highest BCUT2D eigenvalue weighted by molar-refractivity contribution is 7.16. The maximum atomic E-state index is 12.8. The molecule has 9 heteroatoms. The normalized spacial score (nSPS) is 11.0. The second kappa shape index (κ2) is 9.97. The van der Waals surface area contributed by atoms with Gasteiger partial charge in [0.15, 0.2) is 0 Å². The molecule has 2 aromatic heterocycles. The minimum absolute atomic E-state index is 0.0653. The first-order valence-electron chi connectivity index (χ1n) is 9.89. The summed E-state index contributed by atoms with van der Waals surface area (Å²) in [6.07, 6.45) is 1.25. The molecule has 33 heavy (non-hydrogen) atoms. The summed E-state index contributed by atoms with van der Waals surface area (Å²) < 4.78 is 10.7. The molecule has 0 unspecified atom stereocenters. The number of amides is 1. The molecule has 2 N–H and O–H groups in total. The van der Waals surface area contributed by atoms with Gasteiger partial charge in [0.1, 0.15) is 28.2 Å². The number of benzene rings is 1. The summed E-state index contributed by atoms with van der Waals surface area (Å²) in [6.45, 7) is 5.45. The summed E-state index contributed by atoms with van der Waals surface area (Å²) in [6, 6.07) is 11.3. The van der Waals surface area contributed by atoms with E-state index in [1.807, 2.05) is 13.0 Å². The van der Waals surface area contributed by atoms with Crippen LogP contribution in [0.25, 0.3) is 17.4 Å². The molecular weight excluding hydrogens is 444 g/mol. The van der Waals surface area contributed by atoms with Crippen LogP contribution in [-0.2, 0) is 9.53 Å². The number of esters is 1. The number of nitrogens with zero attached hydrogens (tertiary/aromatic N) is 1. The fourth-order valence-electron chi connectivity index (χ4n) is 3.09. The van der Waals surface area contributed by atoms with Crippen LogP contribution in [0.4, 0.5) is 5.00 Å². The number of hydrogen-bond donors (Lipinski definition) is 2. The van der Waals surface area contributed by atoms with Gasteiger partial charge >= 0.3 is 11.9 Å². The zero-order valence-electron chi connectivity index (χ0n) is 18.1. The molecule has 0 aliphatic carbocycles. The van der Waals surface area contributed by atoms with Crippen LogP contribution in [0.2, 0.25) is 0 Å². The number of aryl methyl sites for hydroxylation is 1. The van der Waals surface area contributed by atoms with E-state index < -0.39 is 17.8 Å². The number of ether oxygens (including phenoxy) is 1. The van der Waals surface area contributed by atoms with E-state index in [0.717, 1.165) is 4.88 Å². The molecule has 2 heterocycles. The number of furan rings is 1. The first-order valence-corrected chi connectivity index (χ1v) is 10.7. The van der Waals surface area contributed by atoms with Crippen LogP contribution in [0.5, 0.6) is 0 Å². The number of carbonyl (C=O) groups is 3. The largest absolute Gasteiger partial charge is 0.478 e. The van der Waals surface area contributed by atoms with E-state index in [0.29, 0.717) is 16.1 Å². The lowest BCUT2D eigenvalue weighted by Crippen LogP contribution is -2.16. The average molecular weight is 464 g/mol. The standard InChI is InChI=1S/C24H20N2O6S/c1-4-31-24(30)20-13(2)14(3)33-22(20)26-21(27)15(12-25)11-16-9-10-19(32-16)17-7-5-6-8-18(17)23(28)29/h5-11H,4H2,1-3H3,(H,26,27)(H,28,29)/b15-11+. The summed E-state index contributed by atoms with van der Waals surface area (Å²) in [4.78, 5) is 37.4. The molecule has 0 spiro atoms. The van der Waals surface area contributed by atoms with E-state index >= 15 is 0 Å². The minimum Gasteiger partial charge on any atom is -0.478 e. The first kappa shape index (κ1) is 23.5. The van der Waals surface area contributed by atoms with Gasteiger partial charge in [0.2, 0.25) is 0 Å². The Morgan fingerprint density at radius 1 is 1.21 bits per heavy atom. The number of nitriles is 1. The van der Waals surface area contributed by atoms with E-state index in [4.69, 9.17) is 9.15 Å². The van der Waals surface area contributed by atoms with Gasteiger partial charge < -0.3 is 19.6 Å². The second-order valence-corrected chi connectivity index (χ2v) is 8.11. The number of carboxylic acids is 1. The van der Waals surface area contributed by atoms with Crippen molar-refractivity contribution in [3.8, 4) is 17.4 Å². The quantitative estimate of drug-likeness (QED) is 0.284. The van der Waals surface area contributed by atoms with Gasteiger partial charge in [-0.3, -0.25) is 4.79 Å². The highest BCUT2D eigenvalue weighted by Crippen LogP contribution is 2.33. The number of aromatic carboxylic acids is 1. The minimum atomic E-state index is -1.10. The molecule has 8 nitrogen and oxygen atoms in total. The smallest absolute Gasteiger partial charge is 0.341 e. The van der Waals surface area contributed by atoms with Crippen molar-refractivity contribution in [1.29, 1.82) is 5.26 Å². The van der Waals surface area contributed by atoms with Gasteiger partial charge in [-0.1, -0.05) is 18.2 Å². The third-order valence-corrected chi connectivity index (χ3v) is 5.92. The molecule has 0 aliphatic heterocycles. The summed E-state index contributed by atoms with van der Waals surface area (Å²) in [7, 11) is 0. The van der Waals surface area contributed by atoms with Crippen LogP contribution in [0.15, 0.2) is 46.4 Å². The van der Waals surface area contributed by atoms with E-state index in [-0.39, 0.29) is 34.8 Å². The lowest BCUT2D eigenvalue weighted by Gasteiger charge is -2.06. The number of anilines is 1. The van der Waals surface area contributed by atoms with Gasteiger partial charge in [-0.2, -0.15) is 5.26 Å². The monoisotopic (exact) mass is 464 g/mol. The molecule has 0 radical (unpaired) electrons. The zero-order valence-corrected chi connectivity index (χ0v) is 18.9. The van der Waals surface area contributed by atoms with Crippen LogP contribution in [-0.4, -0.2) is 29.6 Å². The maximum absolute atomic E-state index is 12.8. The van der Waals surface area contributed by atoms with Gasteiger partial charge in [0, 0.05) is 16.5 Å². The molecule has 0 aliphatic rings. The topological polar surface area (TPSA) is 130 Å². The number of carbonyl (C=O) groups excluding carboxylic acids is 2. The number of hydrogen-bond acceptors (Lipinski definition) is 7. The molecule has 168 valence electrons. The van der Waals surface area contributed by atoms with Crippen molar-refractivity contribution in [1.82, 2.24) is 0 Å². The van der Waals surface area contributed by atoms with Gasteiger partial charge in [-0.15, -0.1) is 11.3 Å². The average Bonchev–Trinajstić information content (AvgIpc) is 3.36. The van der Waals surface area contributed by atoms with Crippen molar-refractivity contribution in [2.24, 2.45) is 0 Å². The van der Waals surface area contributed by atoms with Gasteiger partial charge in [-0.05, 0) is 44.5 Å². The van der Waals surface area contributed by atoms with Crippen LogP contribution in [0, 0.1) is 25.2 Å². The number of nitrogens with one attached hydrogen (secondary N) is 1. The van der Waals surface area contributed by atoms with Crippen molar-refractivity contribution in [3.05, 3.63) is 69.3 Å². The summed E-state index contributed by atoms with van der Waals surface area (Å²) in [5, 5.41) is 21.8. The maximum Gasteiger partial charge on any atom is 0.341 e. The highest BCUT2D eigenvalue weighted by atomic mass is 32.1. The van der Waals surface area contributed by atoms with Crippen LogP contribution < -0.4 is 5.32 Å². The first-order chi connectivity index (χ1) is 15.8. The number of carboxylic acid groups (broad SMARTS) is 1. The lowest BCUT2D eigenvalue weighted by atomic mass is 10.1. The van der Waals surface area contributed by atoms with Gasteiger partial charge in [-0.25, -0.2) is 9.59 Å². The molecule has 0 saturated heterocycles. The second-order valence-electron chi connectivity index (χ2n) is 6.88. The van der Waals surface area contributed by atoms with Crippen molar-refractivity contribution >= 4 is 40.3 Å². The molecule has 0 fully saturated rings. The fraction of sp³-hybridized carbons (Fsp3) is 0.167. The van der Waals surface area contributed by atoms with Gasteiger partial charge in [0.05, 0.1) is 17.7 Å². The third kappa shape index (κ3) is 5.02. The Morgan fingerprint density at radius 2 is 1.94 bits per heavy atom. The molecule has 3 aromatic rings.